The molecule has 0 aliphatic heterocycles. The van der Waals surface area contributed by atoms with Crippen LogP contribution < -0.4 is 10.6 Å². The van der Waals surface area contributed by atoms with Crippen LogP contribution in [0.2, 0.25) is 0 Å². The van der Waals surface area contributed by atoms with E-state index in [9.17, 15) is 0 Å². The largest absolute Gasteiger partial charge is 0.370 e. The summed E-state index contributed by atoms with van der Waals surface area (Å²) < 4.78 is 0. The van der Waals surface area contributed by atoms with Gasteiger partial charge in [-0.05, 0) is 25.7 Å². The summed E-state index contributed by atoms with van der Waals surface area (Å²) in [7, 11) is 0. The number of nitrogens with zero attached hydrogens (tertiary/aromatic N) is 2. The number of rotatable bonds is 8. The van der Waals surface area contributed by atoms with Gasteiger partial charge >= 0.3 is 0 Å². The Kier molecular flexibility index (Phi) is 5.62. The fraction of sp³-hybridized carbons (Fsp3) is 0.750. The molecule has 0 amide bonds. The first-order valence-electron chi connectivity index (χ1n) is 8.09. The van der Waals surface area contributed by atoms with Gasteiger partial charge in [-0.3, -0.25) is 0 Å². The molecule has 4 nitrogen and oxygen atoms in total. The lowest BCUT2D eigenvalue weighted by Gasteiger charge is -2.25. The number of hydrogen-bond acceptors (Lipinski definition) is 4. The molecule has 0 radical (unpaired) electrons. The smallest absolute Gasteiger partial charge is 0.134 e. The number of hydrogen-bond donors (Lipinski definition) is 2. The lowest BCUT2D eigenvalue weighted by Crippen LogP contribution is -2.17. The standard InChI is InChI=1S/C16H28N4/c1-4-10-17-15-12(3)16(20-14(5-2)19-15)18-11-9-13-7-6-8-13/h13H,4-11H2,1-3H3,(H2,17,18,19,20). The Morgan fingerprint density at radius 3 is 2.20 bits per heavy atom. The van der Waals surface area contributed by atoms with E-state index in [2.05, 4.69) is 41.4 Å². The van der Waals surface area contributed by atoms with Gasteiger partial charge in [0.25, 0.3) is 0 Å². The van der Waals surface area contributed by atoms with E-state index in [0.29, 0.717) is 0 Å². The van der Waals surface area contributed by atoms with Gasteiger partial charge in [-0.15, -0.1) is 0 Å². The number of aryl methyl sites for hydroxylation is 1. The van der Waals surface area contributed by atoms with Gasteiger partial charge in [-0.25, -0.2) is 9.97 Å². The summed E-state index contributed by atoms with van der Waals surface area (Å²) in [5.41, 5.74) is 1.14. The van der Waals surface area contributed by atoms with E-state index >= 15 is 0 Å². The quantitative estimate of drug-likeness (QED) is 0.759. The summed E-state index contributed by atoms with van der Waals surface area (Å²) in [5, 5.41) is 6.92. The minimum absolute atomic E-state index is 0.873. The van der Waals surface area contributed by atoms with E-state index in [1.165, 1.54) is 25.7 Å². The third-order valence-electron chi connectivity index (χ3n) is 4.12. The predicted octanol–water partition coefficient (Wildman–Crippen LogP) is 3.77. The van der Waals surface area contributed by atoms with Gasteiger partial charge in [0.15, 0.2) is 0 Å². The van der Waals surface area contributed by atoms with Crippen LogP contribution in [0.15, 0.2) is 0 Å². The summed E-state index contributed by atoms with van der Waals surface area (Å²) in [6, 6.07) is 0. The number of aromatic nitrogens is 2. The molecule has 2 rings (SSSR count). The van der Waals surface area contributed by atoms with Crippen LogP contribution >= 0.6 is 0 Å². The first-order chi connectivity index (χ1) is 9.74. The number of anilines is 2. The van der Waals surface area contributed by atoms with Gasteiger partial charge in [-0.2, -0.15) is 0 Å². The third-order valence-corrected chi connectivity index (χ3v) is 4.12. The molecule has 0 saturated heterocycles. The lowest BCUT2D eigenvalue weighted by molar-refractivity contribution is 0.303. The van der Waals surface area contributed by atoms with Crippen molar-refractivity contribution in [2.45, 2.75) is 59.3 Å². The summed E-state index contributed by atoms with van der Waals surface area (Å²) in [5.74, 6) is 3.85. The molecule has 1 heterocycles. The van der Waals surface area contributed by atoms with Crippen LogP contribution in [-0.4, -0.2) is 23.1 Å². The minimum Gasteiger partial charge on any atom is -0.370 e. The van der Waals surface area contributed by atoms with Crippen molar-refractivity contribution in [1.29, 1.82) is 0 Å². The van der Waals surface area contributed by atoms with Crippen LogP contribution in [0, 0.1) is 12.8 Å². The van der Waals surface area contributed by atoms with Crippen molar-refractivity contribution in [1.82, 2.24) is 9.97 Å². The van der Waals surface area contributed by atoms with Crippen molar-refractivity contribution in [2.24, 2.45) is 5.92 Å². The van der Waals surface area contributed by atoms with E-state index in [-0.39, 0.29) is 0 Å². The maximum absolute atomic E-state index is 4.64. The van der Waals surface area contributed by atoms with Crippen molar-refractivity contribution in [2.75, 3.05) is 23.7 Å². The van der Waals surface area contributed by atoms with Gasteiger partial charge in [0.1, 0.15) is 17.5 Å². The maximum atomic E-state index is 4.64. The molecule has 1 aromatic heterocycles. The van der Waals surface area contributed by atoms with Crippen molar-refractivity contribution < 1.29 is 0 Å². The monoisotopic (exact) mass is 276 g/mol. The van der Waals surface area contributed by atoms with Crippen molar-refractivity contribution in [3.05, 3.63) is 11.4 Å². The average Bonchev–Trinajstić information content (AvgIpc) is 2.41. The fourth-order valence-corrected chi connectivity index (χ4v) is 2.48. The van der Waals surface area contributed by atoms with E-state index in [1.54, 1.807) is 0 Å². The molecule has 1 aromatic rings. The Balaban J connectivity index is 2.00. The van der Waals surface area contributed by atoms with E-state index in [4.69, 9.17) is 0 Å². The Bertz CT molecular complexity index is 427. The first-order valence-corrected chi connectivity index (χ1v) is 8.09. The highest BCUT2D eigenvalue weighted by atomic mass is 15.1. The highest BCUT2D eigenvalue weighted by Gasteiger charge is 2.17. The molecule has 2 N–H and O–H groups in total. The van der Waals surface area contributed by atoms with Gasteiger partial charge < -0.3 is 10.6 Å². The Morgan fingerprint density at radius 2 is 1.70 bits per heavy atom. The summed E-state index contributed by atoms with van der Waals surface area (Å²) in [6.07, 6.45) is 7.49. The summed E-state index contributed by atoms with van der Waals surface area (Å²) in [6.45, 7) is 8.36. The second-order valence-corrected chi connectivity index (χ2v) is 5.75. The molecule has 1 saturated carbocycles. The van der Waals surface area contributed by atoms with E-state index in [0.717, 1.165) is 54.9 Å². The molecule has 1 aliphatic rings. The van der Waals surface area contributed by atoms with Crippen LogP contribution in [0.4, 0.5) is 11.6 Å². The van der Waals surface area contributed by atoms with Gasteiger partial charge in [0, 0.05) is 25.1 Å². The van der Waals surface area contributed by atoms with Crippen molar-refractivity contribution in [3.63, 3.8) is 0 Å². The van der Waals surface area contributed by atoms with Gasteiger partial charge in [0.2, 0.25) is 0 Å². The summed E-state index contributed by atoms with van der Waals surface area (Å²) >= 11 is 0. The van der Waals surface area contributed by atoms with Crippen LogP contribution in [0.5, 0.6) is 0 Å². The van der Waals surface area contributed by atoms with E-state index < -0.39 is 0 Å². The zero-order chi connectivity index (χ0) is 14.4. The molecule has 1 aliphatic carbocycles. The maximum Gasteiger partial charge on any atom is 0.134 e. The molecule has 0 unspecified atom stereocenters. The molecule has 0 bridgehead atoms. The van der Waals surface area contributed by atoms with Crippen LogP contribution in [-0.2, 0) is 6.42 Å². The molecular formula is C16H28N4. The van der Waals surface area contributed by atoms with Gasteiger partial charge in [-0.1, -0.05) is 33.1 Å². The van der Waals surface area contributed by atoms with Gasteiger partial charge in [0.05, 0.1) is 0 Å². The average molecular weight is 276 g/mol. The van der Waals surface area contributed by atoms with Crippen molar-refractivity contribution in [3.8, 4) is 0 Å². The first kappa shape index (κ1) is 15.1. The number of nitrogens with one attached hydrogen (secondary N) is 2. The lowest BCUT2D eigenvalue weighted by atomic mass is 9.83. The topological polar surface area (TPSA) is 49.8 Å². The Labute approximate surface area is 122 Å². The molecule has 0 aromatic carbocycles. The minimum atomic E-state index is 0.873. The molecule has 20 heavy (non-hydrogen) atoms. The normalized spacial score (nSPS) is 14.9. The highest BCUT2D eigenvalue weighted by molar-refractivity contribution is 5.57. The molecule has 0 spiro atoms. The van der Waals surface area contributed by atoms with Crippen molar-refractivity contribution >= 4 is 11.6 Å². The molecular weight excluding hydrogens is 248 g/mol. The second kappa shape index (κ2) is 7.46. The van der Waals surface area contributed by atoms with E-state index in [1.807, 2.05) is 0 Å². The predicted molar refractivity (Wildman–Crippen MR) is 85.4 cm³/mol. The Morgan fingerprint density at radius 1 is 1.05 bits per heavy atom. The molecule has 1 fully saturated rings. The molecule has 4 heteroatoms. The fourth-order valence-electron chi connectivity index (χ4n) is 2.48. The van der Waals surface area contributed by atoms with Crippen LogP contribution in [0.25, 0.3) is 0 Å². The van der Waals surface area contributed by atoms with Crippen LogP contribution in [0.3, 0.4) is 0 Å². The summed E-state index contributed by atoms with van der Waals surface area (Å²) in [4.78, 5) is 9.24. The Hall–Kier alpha value is -1.32. The second-order valence-electron chi connectivity index (χ2n) is 5.75. The SMILES string of the molecule is CCCNc1nc(CC)nc(NCCC2CCC2)c1C. The zero-order valence-electron chi connectivity index (χ0n) is 13.1. The highest BCUT2D eigenvalue weighted by Crippen LogP contribution is 2.29. The third kappa shape index (κ3) is 3.84. The zero-order valence-corrected chi connectivity index (χ0v) is 13.1. The molecule has 0 atom stereocenters. The molecule has 112 valence electrons. The van der Waals surface area contributed by atoms with Crippen LogP contribution in [0.1, 0.15) is 57.3 Å².